The maximum atomic E-state index is 8.82. The molecule has 0 spiro atoms. The van der Waals surface area contributed by atoms with Crippen molar-refractivity contribution >= 4 is 5.69 Å². The molecule has 2 aromatic carbocycles. The Hall–Kier alpha value is -2.67. The standard InChI is InChI=1S/C16H16N2O2/c1-3-11-4-7-15(16(9-11)19-2)20-14-6-5-12(10-17)8-13(14)18/h4-9H,3,18H2,1-2H3. The third-order valence-corrected chi connectivity index (χ3v) is 3.00. The monoisotopic (exact) mass is 268 g/mol. The first kappa shape index (κ1) is 13.8. The van der Waals surface area contributed by atoms with Crippen molar-refractivity contribution in [1.29, 1.82) is 5.26 Å². The second-order valence-electron chi connectivity index (χ2n) is 4.31. The highest BCUT2D eigenvalue weighted by Crippen LogP contribution is 2.35. The topological polar surface area (TPSA) is 68.3 Å². The summed E-state index contributed by atoms with van der Waals surface area (Å²) >= 11 is 0. The summed E-state index contributed by atoms with van der Waals surface area (Å²) in [6, 6.07) is 12.7. The SMILES string of the molecule is CCc1ccc(Oc2ccc(C#N)cc2N)c(OC)c1. The van der Waals surface area contributed by atoms with Crippen LogP contribution in [0.3, 0.4) is 0 Å². The number of rotatable bonds is 4. The average molecular weight is 268 g/mol. The van der Waals surface area contributed by atoms with E-state index < -0.39 is 0 Å². The Morgan fingerprint density at radius 1 is 1.10 bits per heavy atom. The van der Waals surface area contributed by atoms with E-state index in [1.807, 2.05) is 24.3 Å². The number of hydrogen-bond acceptors (Lipinski definition) is 4. The van der Waals surface area contributed by atoms with Gasteiger partial charge in [-0.25, -0.2) is 0 Å². The lowest BCUT2D eigenvalue weighted by Crippen LogP contribution is -1.95. The molecule has 0 aromatic heterocycles. The molecule has 0 unspecified atom stereocenters. The summed E-state index contributed by atoms with van der Waals surface area (Å²) in [5.41, 5.74) is 7.97. The van der Waals surface area contributed by atoms with Crippen molar-refractivity contribution in [2.24, 2.45) is 0 Å². The number of ether oxygens (including phenoxy) is 2. The van der Waals surface area contributed by atoms with Crippen LogP contribution in [0.1, 0.15) is 18.1 Å². The lowest BCUT2D eigenvalue weighted by molar-refractivity contribution is 0.379. The predicted molar refractivity (Wildman–Crippen MR) is 78.0 cm³/mol. The molecule has 4 heteroatoms. The van der Waals surface area contributed by atoms with Gasteiger partial charge in [-0.1, -0.05) is 13.0 Å². The Morgan fingerprint density at radius 2 is 1.85 bits per heavy atom. The van der Waals surface area contributed by atoms with Gasteiger partial charge in [0.2, 0.25) is 0 Å². The van der Waals surface area contributed by atoms with Crippen molar-refractivity contribution < 1.29 is 9.47 Å². The summed E-state index contributed by atoms with van der Waals surface area (Å²) in [5.74, 6) is 1.76. The third kappa shape index (κ3) is 2.83. The van der Waals surface area contributed by atoms with Crippen LogP contribution in [0.4, 0.5) is 5.69 Å². The number of nitriles is 1. The maximum absolute atomic E-state index is 8.82. The molecule has 0 heterocycles. The average Bonchev–Trinajstić information content (AvgIpc) is 2.49. The molecule has 0 fully saturated rings. The molecule has 0 saturated carbocycles. The number of aryl methyl sites for hydroxylation is 1. The fourth-order valence-electron chi connectivity index (χ4n) is 1.85. The van der Waals surface area contributed by atoms with Crippen LogP contribution in [0.5, 0.6) is 17.2 Å². The number of nitrogen functional groups attached to an aromatic ring is 1. The van der Waals surface area contributed by atoms with Crippen molar-refractivity contribution in [3.63, 3.8) is 0 Å². The van der Waals surface area contributed by atoms with Gasteiger partial charge >= 0.3 is 0 Å². The van der Waals surface area contributed by atoms with Crippen LogP contribution in [0, 0.1) is 11.3 Å². The highest BCUT2D eigenvalue weighted by atomic mass is 16.5. The molecule has 0 atom stereocenters. The van der Waals surface area contributed by atoms with Gasteiger partial charge in [0.1, 0.15) is 0 Å². The van der Waals surface area contributed by atoms with Crippen molar-refractivity contribution in [3.05, 3.63) is 47.5 Å². The van der Waals surface area contributed by atoms with Gasteiger partial charge in [0.05, 0.1) is 24.4 Å². The molecular formula is C16H16N2O2. The van der Waals surface area contributed by atoms with Crippen molar-refractivity contribution in [2.75, 3.05) is 12.8 Å². The summed E-state index contributed by atoms with van der Waals surface area (Å²) in [4.78, 5) is 0. The van der Waals surface area contributed by atoms with Crippen molar-refractivity contribution in [3.8, 4) is 23.3 Å². The summed E-state index contributed by atoms with van der Waals surface area (Å²) in [6.07, 6.45) is 0.926. The van der Waals surface area contributed by atoms with E-state index in [9.17, 15) is 0 Å². The zero-order chi connectivity index (χ0) is 14.5. The molecule has 0 bridgehead atoms. The molecule has 4 nitrogen and oxygen atoms in total. The predicted octanol–water partition coefficient (Wildman–Crippen LogP) is 3.50. The molecule has 0 saturated heterocycles. The molecule has 2 N–H and O–H groups in total. The summed E-state index contributed by atoms with van der Waals surface area (Å²) in [7, 11) is 1.60. The molecule has 0 aliphatic heterocycles. The Balaban J connectivity index is 2.32. The first-order valence-electron chi connectivity index (χ1n) is 6.32. The molecule has 2 aromatic rings. The van der Waals surface area contributed by atoms with Crippen LogP contribution in [0.15, 0.2) is 36.4 Å². The lowest BCUT2D eigenvalue weighted by atomic mass is 10.1. The fourth-order valence-corrected chi connectivity index (χ4v) is 1.85. The number of nitrogens with zero attached hydrogens (tertiary/aromatic N) is 1. The number of methoxy groups -OCH3 is 1. The minimum absolute atomic E-state index is 0.422. The van der Waals surface area contributed by atoms with Gasteiger partial charge in [-0.15, -0.1) is 0 Å². The number of hydrogen-bond donors (Lipinski definition) is 1. The van der Waals surface area contributed by atoms with Gasteiger partial charge in [0.15, 0.2) is 17.2 Å². The van der Waals surface area contributed by atoms with Crippen LogP contribution in [-0.4, -0.2) is 7.11 Å². The van der Waals surface area contributed by atoms with E-state index in [0.717, 1.165) is 6.42 Å². The molecule has 102 valence electrons. The van der Waals surface area contributed by atoms with Crippen molar-refractivity contribution in [1.82, 2.24) is 0 Å². The van der Waals surface area contributed by atoms with Gasteiger partial charge < -0.3 is 15.2 Å². The van der Waals surface area contributed by atoms with E-state index in [1.165, 1.54) is 5.56 Å². The first-order valence-corrected chi connectivity index (χ1v) is 6.32. The third-order valence-electron chi connectivity index (χ3n) is 3.00. The molecular weight excluding hydrogens is 252 g/mol. The van der Waals surface area contributed by atoms with Crippen LogP contribution < -0.4 is 15.2 Å². The van der Waals surface area contributed by atoms with Gasteiger partial charge in [-0.3, -0.25) is 0 Å². The van der Waals surface area contributed by atoms with E-state index in [4.69, 9.17) is 20.5 Å². The Bertz CT molecular complexity index is 660. The van der Waals surface area contributed by atoms with E-state index >= 15 is 0 Å². The van der Waals surface area contributed by atoms with E-state index in [2.05, 4.69) is 6.92 Å². The van der Waals surface area contributed by atoms with Crippen LogP contribution in [0.25, 0.3) is 0 Å². The minimum atomic E-state index is 0.422. The normalized spacial score (nSPS) is 9.85. The number of nitrogens with two attached hydrogens (primary N) is 1. The Kier molecular flexibility index (Phi) is 4.11. The maximum Gasteiger partial charge on any atom is 0.169 e. The van der Waals surface area contributed by atoms with E-state index in [-0.39, 0.29) is 0 Å². The second-order valence-corrected chi connectivity index (χ2v) is 4.31. The Labute approximate surface area is 118 Å². The van der Waals surface area contributed by atoms with Gasteiger partial charge in [-0.05, 0) is 42.3 Å². The second kappa shape index (κ2) is 5.98. The van der Waals surface area contributed by atoms with Crippen LogP contribution in [-0.2, 0) is 6.42 Å². The van der Waals surface area contributed by atoms with Crippen molar-refractivity contribution in [2.45, 2.75) is 13.3 Å². The highest BCUT2D eigenvalue weighted by Gasteiger charge is 2.09. The number of anilines is 1. The van der Waals surface area contributed by atoms with E-state index in [1.54, 1.807) is 25.3 Å². The zero-order valence-electron chi connectivity index (χ0n) is 11.5. The lowest BCUT2D eigenvalue weighted by Gasteiger charge is -2.13. The first-order chi connectivity index (χ1) is 9.67. The van der Waals surface area contributed by atoms with E-state index in [0.29, 0.717) is 28.5 Å². The summed E-state index contributed by atoms with van der Waals surface area (Å²) < 4.78 is 11.1. The highest BCUT2D eigenvalue weighted by molar-refractivity contribution is 5.58. The molecule has 0 radical (unpaired) electrons. The molecule has 0 amide bonds. The molecule has 0 aliphatic rings. The minimum Gasteiger partial charge on any atom is -0.493 e. The fraction of sp³-hybridized carbons (Fsp3) is 0.188. The van der Waals surface area contributed by atoms with Crippen LogP contribution >= 0.6 is 0 Å². The molecule has 2 rings (SSSR count). The summed E-state index contributed by atoms with van der Waals surface area (Å²) in [6.45, 7) is 2.08. The zero-order valence-corrected chi connectivity index (χ0v) is 11.5. The Morgan fingerprint density at radius 3 is 2.45 bits per heavy atom. The molecule has 0 aliphatic carbocycles. The smallest absolute Gasteiger partial charge is 0.169 e. The van der Waals surface area contributed by atoms with Gasteiger partial charge in [0, 0.05) is 0 Å². The summed E-state index contributed by atoms with van der Waals surface area (Å²) in [5, 5.41) is 8.82. The largest absolute Gasteiger partial charge is 0.493 e. The molecule has 20 heavy (non-hydrogen) atoms. The van der Waals surface area contributed by atoms with Gasteiger partial charge in [-0.2, -0.15) is 5.26 Å². The van der Waals surface area contributed by atoms with Crippen LogP contribution in [0.2, 0.25) is 0 Å². The quantitative estimate of drug-likeness (QED) is 0.862. The van der Waals surface area contributed by atoms with Gasteiger partial charge in [0.25, 0.3) is 0 Å². The number of benzene rings is 2.